The molecular weight excluding hydrogens is 176 g/mol. The van der Waals surface area contributed by atoms with Crippen LogP contribution < -0.4 is 5.32 Å². The lowest BCUT2D eigenvalue weighted by molar-refractivity contribution is -0.169. The Kier molecular flexibility index (Phi) is 2.02. The van der Waals surface area contributed by atoms with Gasteiger partial charge in [-0.2, -0.15) is 12.6 Å². The van der Waals surface area contributed by atoms with E-state index in [4.69, 9.17) is 4.74 Å². The maximum absolute atomic E-state index is 10.8. The first-order chi connectivity index (χ1) is 5.74. The van der Waals surface area contributed by atoms with Crippen LogP contribution in [0.4, 0.5) is 0 Å². The van der Waals surface area contributed by atoms with Crippen LogP contribution in [0, 0.1) is 0 Å². The van der Waals surface area contributed by atoms with Crippen molar-refractivity contribution in [1.29, 1.82) is 0 Å². The van der Waals surface area contributed by atoms with Gasteiger partial charge in [-0.3, -0.25) is 9.69 Å². The first kappa shape index (κ1) is 8.34. The van der Waals surface area contributed by atoms with Gasteiger partial charge in [-0.1, -0.05) is 0 Å². The molecule has 0 bridgehead atoms. The smallest absolute Gasteiger partial charge is 0.246 e. The van der Waals surface area contributed by atoms with Crippen molar-refractivity contribution < 1.29 is 9.53 Å². The standard InChI is InChI=1S/C7H12N2O2S/c10-6-1-11-7(2-8-6)3-9(4-7)5-12/h12H,1-5H2,(H,8,10). The van der Waals surface area contributed by atoms with Gasteiger partial charge in [0.1, 0.15) is 12.2 Å². The Hall–Kier alpha value is -0.260. The van der Waals surface area contributed by atoms with Crippen LogP contribution in [0.2, 0.25) is 0 Å². The van der Waals surface area contributed by atoms with Crippen molar-refractivity contribution >= 4 is 18.5 Å². The van der Waals surface area contributed by atoms with Crippen molar-refractivity contribution in [2.45, 2.75) is 5.60 Å². The van der Waals surface area contributed by atoms with Gasteiger partial charge in [0.25, 0.3) is 0 Å². The van der Waals surface area contributed by atoms with E-state index >= 15 is 0 Å². The van der Waals surface area contributed by atoms with E-state index in [0.29, 0.717) is 6.54 Å². The van der Waals surface area contributed by atoms with Gasteiger partial charge in [0.15, 0.2) is 0 Å². The van der Waals surface area contributed by atoms with Crippen LogP contribution in [0.25, 0.3) is 0 Å². The normalized spacial score (nSPS) is 28.2. The molecule has 12 heavy (non-hydrogen) atoms. The summed E-state index contributed by atoms with van der Waals surface area (Å²) in [6.07, 6.45) is 0. The molecule has 0 aromatic rings. The molecular formula is C7H12N2O2S. The fourth-order valence-corrected chi connectivity index (χ4v) is 1.85. The number of nitrogens with zero attached hydrogens (tertiary/aromatic N) is 1. The lowest BCUT2D eigenvalue weighted by Crippen LogP contribution is -2.70. The number of likely N-dealkylation sites (tertiary alicyclic amines) is 1. The van der Waals surface area contributed by atoms with E-state index in [1.165, 1.54) is 0 Å². The molecule has 4 nitrogen and oxygen atoms in total. The van der Waals surface area contributed by atoms with E-state index in [1.807, 2.05) is 0 Å². The van der Waals surface area contributed by atoms with Crippen molar-refractivity contribution in [3.8, 4) is 0 Å². The lowest BCUT2D eigenvalue weighted by atomic mass is 9.93. The molecule has 1 amide bonds. The van der Waals surface area contributed by atoms with E-state index in [0.717, 1.165) is 19.0 Å². The SMILES string of the molecule is O=C1COC2(CN1)CN(CS)C2. The van der Waals surface area contributed by atoms with Gasteiger partial charge < -0.3 is 10.1 Å². The molecule has 0 saturated carbocycles. The summed E-state index contributed by atoms with van der Waals surface area (Å²) in [5.74, 6) is 0.754. The minimum Gasteiger partial charge on any atom is -0.361 e. The number of nitrogens with one attached hydrogen (secondary N) is 1. The number of amides is 1. The highest BCUT2D eigenvalue weighted by Crippen LogP contribution is 2.26. The van der Waals surface area contributed by atoms with Crippen LogP contribution in [0.5, 0.6) is 0 Å². The molecule has 2 rings (SSSR count). The lowest BCUT2D eigenvalue weighted by Gasteiger charge is -2.50. The maximum Gasteiger partial charge on any atom is 0.246 e. The van der Waals surface area contributed by atoms with Crippen LogP contribution in [0.15, 0.2) is 0 Å². The number of morpholine rings is 1. The molecule has 0 aromatic heterocycles. The van der Waals surface area contributed by atoms with Crippen LogP contribution in [0.1, 0.15) is 0 Å². The van der Waals surface area contributed by atoms with Gasteiger partial charge in [0.2, 0.25) is 5.91 Å². The predicted molar refractivity (Wildman–Crippen MR) is 47.1 cm³/mol. The van der Waals surface area contributed by atoms with Crippen molar-refractivity contribution in [1.82, 2.24) is 10.2 Å². The highest BCUT2D eigenvalue weighted by atomic mass is 32.1. The highest BCUT2D eigenvalue weighted by Gasteiger charge is 2.45. The second-order valence-corrected chi connectivity index (χ2v) is 3.66. The molecule has 1 N–H and O–H groups in total. The Morgan fingerprint density at radius 3 is 2.92 bits per heavy atom. The largest absolute Gasteiger partial charge is 0.361 e. The quantitative estimate of drug-likeness (QED) is 0.523. The number of ether oxygens (including phenoxy) is 1. The summed E-state index contributed by atoms with van der Waals surface area (Å²) in [4.78, 5) is 12.9. The van der Waals surface area contributed by atoms with Gasteiger partial charge in [0, 0.05) is 25.5 Å². The maximum atomic E-state index is 10.8. The van der Waals surface area contributed by atoms with Crippen LogP contribution in [-0.2, 0) is 9.53 Å². The second-order valence-electron chi connectivity index (χ2n) is 3.38. The first-order valence-corrected chi connectivity index (χ1v) is 4.61. The summed E-state index contributed by atoms with van der Waals surface area (Å²) in [6.45, 7) is 2.63. The highest BCUT2D eigenvalue weighted by molar-refractivity contribution is 7.80. The fourth-order valence-electron chi connectivity index (χ4n) is 1.65. The zero-order valence-corrected chi connectivity index (χ0v) is 7.64. The molecule has 0 unspecified atom stereocenters. The van der Waals surface area contributed by atoms with Crippen molar-refractivity contribution in [2.75, 3.05) is 32.1 Å². The third-order valence-electron chi connectivity index (χ3n) is 2.34. The van der Waals surface area contributed by atoms with Crippen LogP contribution >= 0.6 is 12.6 Å². The molecule has 68 valence electrons. The van der Waals surface area contributed by atoms with Gasteiger partial charge >= 0.3 is 0 Å². The summed E-state index contributed by atoms with van der Waals surface area (Å²) >= 11 is 4.15. The Morgan fingerprint density at radius 1 is 1.67 bits per heavy atom. The molecule has 2 aliphatic heterocycles. The Bertz CT molecular complexity index is 192. The summed E-state index contributed by atoms with van der Waals surface area (Å²) in [6, 6.07) is 0. The van der Waals surface area contributed by atoms with Crippen LogP contribution in [-0.4, -0.2) is 48.5 Å². The molecule has 5 heteroatoms. The predicted octanol–water partition coefficient (Wildman–Crippen LogP) is -0.925. The van der Waals surface area contributed by atoms with E-state index in [1.54, 1.807) is 0 Å². The number of hydrogen-bond acceptors (Lipinski definition) is 4. The average molecular weight is 188 g/mol. The van der Waals surface area contributed by atoms with Crippen molar-refractivity contribution in [3.63, 3.8) is 0 Å². The molecule has 2 saturated heterocycles. The molecule has 0 radical (unpaired) electrons. The number of carbonyl (C=O) groups excluding carboxylic acids is 1. The topological polar surface area (TPSA) is 41.6 Å². The monoisotopic (exact) mass is 188 g/mol. The van der Waals surface area contributed by atoms with E-state index < -0.39 is 0 Å². The van der Waals surface area contributed by atoms with Gasteiger partial charge in [-0.25, -0.2) is 0 Å². The molecule has 0 aromatic carbocycles. The number of rotatable bonds is 1. The third kappa shape index (κ3) is 1.32. The van der Waals surface area contributed by atoms with Gasteiger partial charge in [-0.15, -0.1) is 0 Å². The molecule has 0 atom stereocenters. The van der Waals surface area contributed by atoms with E-state index in [-0.39, 0.29) is 18.1 Å². The van der Waals surface area contributed by atoms with Crippen LogP contribution in [0.3, 0.4) is 0 Å². The van der Waals surface area contributed by atoms with E-state index in [9.17, 15) is 4.79 Å². The van der Waals surface area contributed by atoms with Gasteiger partial charge in [0.05, 0.1) is 0 Å². The van der Waals surface area contributed by atoms with Crippen molar-refractivity contribution in [3.05, 3.63) is 0 Å². The second kappa shape index (κ2) is 2.90. The third-order valence-corrected chi connectivity index (χ3v) is 2.74. The summed E-state index contributed by atoms with van der Waals surface area (Å²) < 4.78 is 5.46. The number of carbonyl (C=O) groups is 1. The first-order valence-electron chi connectivity index (χ1n) is 3.98. The average Bonchev–Trinajstić information content (AvgIpc) is 2.02. The minimum absolute atomic E-state index is 0.00931. The number of thiol groups is 1. The minimum atomic E-state index is -0.101. The van der Waals surface area contributed by atoms with E-state index in [2.05, 4.69) is 22.8 Å². The molecule has 2 aliphatic rings. The fraction of sp³-hybridized carbons (Fsp3) is 0.857. The molecule has 2 heterocycles. The van der Waals surface area contributed by atoms with Gasteiger partial charge in [-0.05, 0) is 0 Å². The molecule has 1 spiro atoms. The molecule has 2 fully saturated rings. The summed E-state index contributed by atoms with van der Waals surface area (Å²) in [5.41, 5.74) is -0.101. The number of hydrogen-bond donors (Lipinski definition) is 2. The Labute approximate surface area is 76.7 Å². The summed E-state index contributed by atoms with van der Waals surface area (Å²) in [5, 5.41) is 2.80. The van der Waals surface area contributed by atoms with Crippen molar-refractivity contribution in [2.24, 2.45) is 0 Å². The zero-order chi connectivity index (χ0) is 8.60. The Morgan fingerprint density at radius 2 is 2.42 bits per heavy atom. The zero-order valence-electron chi connectivity index (χ0n) is 6.75. The summed E-state index contributed by atoms with van der Waals surface area (Å²) in [7, 11) is 0. The molecule has 0 aliphatic carbocycles. The Balaban J connectivity index is 1.87.